The highest BCUT2D eigenvalue weighted by atomic mass is 35.5. The Morgan fingerprint density at radius 3 is 2.30 bits per heavy atom. The SMILES string of the molecule is C[C@H]1c2c(cc(F)c(Cl)c2-c2c(C(N)=O)ccc(OCCO)c2F)O[C@]1(CNC1CCC(C(=O)N2C[C@H]3CC(N4CCC(c5c(F)cc6c(N7CCC(=O)NC7=O)nn(C)c6c5F)CC4)C[C@H]3C2)CC1)c1ccccc1. The topological polar surface area (TPSA) is 185 Å². The molecule has 0 radical (unpaired) electrons. The molecule has 4 aliphatic heterocycles. The molecule has 5 N–H and O–H groups in total. The molecule has 1 unspecified atom stereocenters. The number of rotatable bonds is 13. The number of nitrogens with one attached hydrogen (secondary N) is 2. The number of aryl methyl sites for hydroxylation is 1. The van der Waals surface area contributed by atoms with Crippen LogP contribution in [0.1, 0.15) is 104 Å². The van der Waals surface area contributed by atoms with Crippen molar-refractivity contribution >= 4 is 52.1 Å². The molecule has 5 amide bonds. The van der Waals surface area contributed by atoms with E-state index in [1.165, 1.54) is 33.8 Å². The molecule has 15 nitrogen and oxygen atoms in total. The number of primary amides is 1. The average Bonchev–Trinajstić information content (AvgIpc) is 4.25. The molecule has 2 aliphatic carbocycles. The number of amides is 5. The normalized spacial score (nSPS) is 25.9. The van der Waals surface area contributed by atoms with Crippen molar-refractivity contribution in [1.29, 1.82) is 0 Å². The first kappa shape index (κ1) is 51.8. The maximum absolute atomic E-state index is 16.5. The van der Waals surface area contributed by atoms with Gasteiger partial charge in [-0.25, -0.2) is 22.4 Å². The number of piperidine rings is 1. The summed E-state index contributed by atoms with van der Waals surface area (Å²) < 4.78 is 78.2. The number of benzene rings is 4. The van der Waals surface area contributed by atoms with E-state index in [0.29, 0.717) is 62.2 Å². The van der Waals surface area contributed by atoms with E-state index in [9.17, 15) is 24.3 Å². The highest BCUT2D eigenvalue weighted by Crippen LogP contribution is 2.57. The highest BCUT2D eigenvalue weighted by molar-refractivity contribution is 6.34. The molecule has 0 bridgehead atoms. The summed E-state index contributed by atoms with van der Waals surface area (Å²) >= 11 is 6.73. The van der Waals surface area contributed by atoms with Gasteiger partial charge in [0.25, 0.3) is 0 Å². The minimum absolute atomic E-state index is 0.0353. The zero-order chi connectivity index (χ0) is 53.3. The number of urea groups is 1. The molecule has 5 aromatic rings. The molecule has 0 spiro atoms. The summed E-state index contributed by atoms with van der Waals surface area (Å²) in [4.78, 5) is 57.0. The molecule has 1 aromatic heterocycles. The molecule has 402 valence electrons. The van der Waals surface area contributed by atoms with Gasteiger partial charge < -0.3 is 35.4 Å². The first-order valence-corrected chi connectivity index (χ1v) is 26.8. The van der Waals surface area contributed by atoms with Crippen molar-refractivity contribution in [3.05, 3.63) is 105 Å². The van der Waals surface area contributed by atoms with Crippen molar-refractivity contribution in [2.75, 3.05) is 57.4 Å². The lowest BCUT2D eigenvalue weighted by Crippen LogP contribution is -2.49. The lowest BCUT2D eigenvalue weighted by atomic mass is 9.77. The molecule has 6 aliphatic rings. The van der Waals surface area contributed by atoms with Gasteiger partial charge in [-0.1, -0.05) is 48.9 Å². The largest absolute Gasteiger partial charge is 0.488 e. The van der Waals surface area contributed by atoms with Crippen molar-refractivity contribution in [3.8, 4) is 22.6 Å². The molecule has 3 saturated heterocycles. The third kappa shape index (κ3) is 9.03. The number of aromatic nitrogens is 2. The van der Waals surface area contributed by atoms with Crippen LogP contribution in [0.2, 0.25) is 5.02 Å². The molecule has 4 aromatic carbocycles. The number of hydrogen-bond acceptors (Lipinski definition) is 10. The molecule has 20 heteroatoms. The van der Waals surface area contributed by atoms with Crippen LogP contribution in [0.5, 0.6) is 11.5 Å². The Morgan fingerprint density at radius 1 is 0.921 bits per heavy atom. The maximum Gasteiger partial charge on any atom is 0.329 e. The van der Waals surface area contributed by atoms with Crippen LogP contribution in [0.25, 0.3) is 22.0 Å². The summed E-state index contributed by atoms with van der Waals surface area (Å²) in [7, 11) is 1.56. The number of nitrogens with two attached hydrogens (primary N) is 1. The number of imide groups is 1. The molecular formula is C56H61ClF4N8O7. The van der Waals surface area contributed by atoms with Crippen LogP contribution in [0, 0.1) is 41.0 Å². The van der Waals surface area contributed by atoms with Crippen LogP contribution in [0.4, 0.5) is 28.2 Å². The van der Waals surface area contributed by atoms with Crippen LogP contribution in [0.3, 0.4) is 0 Å². The van der Waals surface area contributed by atoms with Gasteiger partial charge in [-0.2, -0.15) is 5.10 Å². The van der Waals surface area contributed by atoms with Crippen molar-refractivity contribution in [3.63, 3.8) is 0 Å². The fraction of sp³-hybridized carbons (Fsp3) is 0.482. The number of fused-ring (bicyclic) bond motifs is 3. The first-order chi connectivity index (χ1) is 36.6. The molecular weight excluding hydrogens is 1010 g/mol. The number of ether oxygens (including phenoxy) is 2. The van der Waals surface area contributed by atoms with Gasteiger partial charge in [-0.3, -0.25) is 29.3 Å². The van der Waals surface area contributed by atoms with Crippen molar-refractivity contribution in [1.82, 2.24) is 30.2 Å². The van der Waals surface area contributed by atoms with E-state index >= 15 is 17.6 Å². The summed E-state index contributed by atoms with van der Waals surface area (Å²) in [5.41, 5.74) is 5.36. The lowest BCUT2D eigenvalue weighted by molar-refractivity contribution is -0.136. The van der Waals surface area contributed by atoms with Gasteiger partial charge in [0.15, 0.2) is 28.8 Å². The molecule has 76 heavy (non-hydrogen) atoms. The van der Waals surface area contributed by atoms with Crippen LogP contribution in [0.15, 0.2) is 54.6 Å². The Balaban J connectivity index is 0.705. The Morgan fingerprint density at radius 2 is 1.63 bits per heavy atom. The van der Waals surface area contributed by atoms with Crippen LogP contribution in [-0.2, 0) is 22.2 Å². The van der Waals surface area contributed by atoms with Gasteiger partial charge in [0.2, 0.25) is 17.7 Å². The van der Waals surface area contributed by atoms with Crippen LogP contribution in [-0.4, -0.2) is 113 Å². The summed E-state index contributed by atoms with van der Waals surface area (Å²) in [6, 6.07) is 14.2. The number of carbonyl (C=O) groups excluding carboxylic acids is 4. The Bertz CT molecular complexity index is 3120. The number of anilines is 1. The van der Waals surface area contributed by atoms with E-state index in [0.717, 1.165) is 44.3 Å². The minimum Gasteiger partial charge on any atom is -0.488 e. The van der Waals surface area contributed by atoms with Crippen LogP contribution < -0.4 is 30.7 Å². The van der Waals surface area contributed by atoms with Gasteiger partial charge in [0.1, 0.15) is 29.5 Å². The molecule has 2 saturated carbocycles. The van der Waals surface area contributed by atoms with Gasteiger partial charge in [-0.05, 0) is 106 Å². The number of halogens is 5. The quantitative estimate of drug-likeness (QED) is 0.0843. The summed E-state index contributed by atoms with van der Waals surface area (Å²) in [6.07, 6.45) is 6.08. The van der Waals surface area contributed by atoms with Crippen molar-refractivity contribution in [2.45, 2.75) is 94.2 Å². The van der Waals surface area contributed by atoms with E-state index in [4.69, 9.17) is 26.8 Å². The second-order valence-corrected chi connectivity index (χ2v) is 22.0. The van der Waals surface area contributed by atoms with Gasteiger partial charge >= 0.3 is 6.03 Å². The number of aliphatic hydroxyl groups is 1. The minimum atomic E-state index is -1.13. The van der Waals surface area contributed by atoms with Gasteiger partial charge in [0.05, 0.1) is 22.6 Å². The number of likely N-dealkylation sites (tertiary alicyclic amines) is 2. The third-order valence-corrected chi connectivity index (χ3v) is 17.8. The first-order valence-electron chi connectivity index (χ1n) is 26.4. The fourth-order valence-electron chi connectivity index (χ4n) is 13.6. The number of hydrogen-bond donors (Lipinski definition) is 4. The van der Waals surface area contributed by atoms with Gasteiger partial charge in [-0.15, -0.1) is 0 Å². The van der Waals surface area contributed by atoms with E-state index in [2.05, 4.69) is 25.5 Å². The molecule has 11 rings (SSSR count). The third-order valence-electron chi connectivity index (χ3n) is 17.4. The monoisotopic (exact) mass is 1070 g/mol. The van der Waals surface area contributed by atoms with Crippen molar-refractivity contribution in [2.24, 2.45) is 30.5 Å². The van der Waals surface area contributed by atoms with Gasteiger partial charge in [0, 0.05) is 91.9 Å². The molecule has 5 atom stereocenters. The molecule has 5 fully saturated rings. The second-order valence-electron chi connectivity index (χ2n) is 21.6. The van der Waals surface area contributed by atoms with Crippen LogP contribution >= 0.6 is 11.6 Å². The Hall–Kier alpha value is -6.28. The smallest absolute Gasteiger partial charge is 0.329 e. The van der Waals surface area contributed by atoms with E-state index in [1.54, 1.807) is 7.05 Å². The second kappa shape index (κ2) is 20.6. The summed E-state index contributed by atoms with van der Waals surface area (Å²) in [5, 5.41) is 19.5. The summed E-state index contributed by atoms with van der Waals surface area (Å²) in [5.74, 6) is -4.61. The lowest BCUT2D eigenvalue weighted by Gasteiger charge is -2.38. The summed E-state index contributed by atoms with van der Waals surface area (Å²) in [6.45, 7) is 4.47. The predicted octanol–water partition coefficient (Wildman–Crippen LogP) is 8.02. The standard InChI is InChI=1S/C56H61ClF4N8O7/c1-29-44-42(25-40(59)48(57)47(44)46-37(52(62)72)12-13-41(49(46)60)75-21-20-70)76-56(29,34-6-4-3-5-7-34)28-63-35-10-8-31(9-11-35)54(73)68-26-32-22-36(23-33(32)27-68)67-17-14-30(15-18-67)45-39(58)24-38-51(50(45)61)66(2)65-53(38)69-19-16-43(71)64-55(69)74/h3-7,12-13,24-25,29-33,35-36,63,70H,8-11,14-23,26-28H2,1-2H3,(H2,62,72)(H,64,71,74)/t29-,31?,32-,33+,35?,36?,56-/m0/s1. The number of nitrogens with zero attached hydrogens (tertiary/aromatic N) is 5. The average molecular weight is 1070 g/mol. The van der Waals surface area contributed by atoms with E-state index in [-0.39, 0.29) is 100 Å². The highest BCUT2D eigenvalue weighted by Gasteiger charge is 2.51. The zero-order valence-corrected chi connectivity index (χ0v) is 43.1. The maximum atomic E-state index is 16.5. The fourth-order valence-corrected chi connectivity index (χ4v) is 13.8. The van der Waals surface area contributed by atoms with E-state index < -0.39 is 64.3 Å². The number of carbonyl (C=O) groups is 4. The van der Waals surface area contributed by atoms with E-state index in [1.807, 2.05) is 37.3 Å². The Labute approximate surface area is 442 Å². The zero-order valence-electron chi connectivity index (χ0n) is 42.4. The predicted molar refractivity (Wildman–Crippen MR) is 275 cm³/mol. The Kier molecular flexibility index (Phi) is 14.0. The van der Waals surface area contributed by atoms with Crippen molar-refractivity contribution < 1.29 is 51.3 Å². The molecule has 5 heterocycles. The number of aliphatic hydroxyl groups excluding tert-OH is 1.